The second-order valence-electron chi connectivity index (χ2n) is 7.64. The maximum atomic E-state index is 12.5. The highest BCUT2D eigenvalue weighted by atomic mass is 32.1. The number of amides is 1. The molecule has 0 saturated heterocycles. The van der Waals surface area contributed by atoms with Crippen LogP contribution in [0.1, 0.15) is 51.9 Å². The number of aromatic nitrogens is 2. The van der Waals surface area contributed by atoms with Crippen LogP contribution in [0.2, 0.25) is 0 Å². The normalized spacial score (nSPS) is 16.4. The van der Waals surface area contributed by atoms with E-state index in [1.165, 1.54) is 11.3 Å². The fourth-order valence-electron chi connectivity index (χ4n) is 3.65. The van der Waals surface area contributed by atoms with Crippen molar-refractivity contribution in [1.29, 1.82) is 0 Å². The lowest BCUT2D eigenvalue weighted by atomic mass is 9.92. The van der Waals surface area contributed by atoms with E-state index in [9.17, 15) is 19.5 Å². The van der Waals surface area contributed by atoms with Gasteiger partial charge in [0.05, 0.1) is 10.4 Å². The number of carboxylic acids is 1. The van der Waals surface area contributed by atoms with Gasteiger partial charge in [0.25, 0.3) is 11.5 Å². The molecule has 0 saturated carbocycles. The number of nitrogen functional groups attached to an aromatic ring is 1. The van der Waals surface area contributed by atoms with Crippen LogP contribution in [0, 0.1) is 12.8 Å². The number of anilines is 2. The third-order valence-electron chi connectivity index (χ3n) is 5.29. The summed E-state index contributed by atoms with van der Waals surface area (Å²) in [5, 5.41) is 15.0. The van der Waals surface area contributed by atoms with E-state index in [0.29, 0.717) is 42.1 Å². The summed E-state index contributed by atoms with van der Waals surface area (Å²) in [5.41, 5.74) is 7.02. The Morgan fingerprint density at radius 1 is 1.47 bits per heavy atom. The summed E-state index contributed by atoms with van der Waals surface area (Å²) >= 11 is 1.40. The largest absolute Gasteiger partial charge is 0.480 e. The zero-order chi connectivity index (χ0) is 21.8. The van der Waals surface area contributed by atoms with Crippen LogP contribution in [0.3, 0.4) is 0 Å². The molecular weight excluding hydrogens is 406 g/mol. The van der Waals surface area contributed by atoms with Gasteiger partial charge >= 0.3 is 5.97 Å². The first-order chi connectivity index (χ1) is 14.3. The molecule has 1 amide bonds. The third-order valence-corrected chi connectivity index (χ3v) is 6.59. The quantitative estimate of drug-likeness (QED) is 0.427. The number of carboxylic acid groups (broad SMARTS) is 1. The summed E-state index contributed by atoms with van der Waals surface area (Å²) < 4.78 is 0. The van der Waals surface area contributed by atoms with Crippen molar-refractivity contribution in [2.45, 2.75) is 52.0 Å². The number of hydrogen-bond donors (Lipinski definition) is 5. The molecular formula is C20H27N5O4S. The zero-order valence-corrected chi connectivity index (χ0v) is 17.9. The van der Waals surface area contributed by atoms with Gasteiger partial charge in [0.1, 0.15) is 11.9 Å². The molecule has 162 valence electrons. The highest BCUT2D eigenvalue weighted by Gasteiger charge is 2.24. The zero-order valence-electron chi connectivity index (χ0n) is 17.1. The number of thiophene rings is 1. The van der Waals surface area contributed by atoms with Gasteiger partial charge in [-0.05, 0) is 50.2 Å². The summed E-state index contributed by atoms with van der Waals surface area (Å²) in [6.45, 7) is 4.54. The highest BCUT2D eigenvalue weighted by Crippen LogP contribution is 2.28. The number of nitrogens with zero attached hydrogens (tertiary/aromatic N) is 1. The Kier molecular flexibility index (Phi) is 6.76. The fraction of sp³-hybridized carbons (Fsp3) is 0.500. The Hall–Kier alpha value is -2.88. The van der Waals surface area contributed by atoms with Crippen molar-refractivity contribution in [2.24, 2.45) is 5.92 Å². The number of H-pyrrole nitrogens is 1. The van der Waals surface area contributed by atoms with E-state index in [1.54, 1.807) is 0 Å². The van der Waals surface area contributed by atoms with Crippen molar-refractivity contribution >= 4 is 35.0 Å². The summed E-state index contributed by atoms with van der Waals surface area (Å²) in [5.74, 6) is -0.440. The maximum absolute atomic E-state index is 12.5. The number of rotatable bonds is 8. The van der Waals surface area contributed by atoms with Gasteiger partial charge in [-0.2, -0.15) is 4.98 Å². The van der Waals surface area contributed by atoms with E-state index in [-0.39, 0.29) is 23.3 Å². The van der Waals surface area contributed by atoms with Crippen LogP contribution in [-0.4, -0.2) is 39.5 Å². The van der Waals surface area contributed by atoms with E-state index >= 15 is 0 Å². The highest BCUT2D eigenvalue weighted by molar-refractivity contribution is 7.14. The van der Waals surface area contributed by atoms with Crippen LogP contribution < -0.4 is 21.9 Å². The molecule has 3 rings (SSSR count). The molecule has 30 heavy (non-hydrogen) atoms. The SMILES string of the molecule is CCC[C@H](NC(=O)c1cc(C)c(CC[C@@H]2CNc3nc(N)[nH]c(=O)c3C2)s1)C(=O)O. The smallest absolute Gasteiger partial charge is 0.326 e. The predicted molar refractivity (Wildman–Crippen MR) is 116 cm³/mol. The van der Waals surface area contributed by atoms with Crippen molar-refractivity contribution in [1.82, 2.24) is 15.3 Å². The number of aliphatic carboxylic acids is 1. The van der Waals surface area contributed by atoms with E-state index in [4.69, 9.17) is 5.73 Å². The molecule has 3 heterocycles. The summed E-state index contributed by atoms with van der Waals surface area (Å²) in [4.78, 5) is 44.2. The van der Waals surface area contributed by atoms with Crippen LogP contribution in [0.15, 0.2) is 10.9 Å². The Morgan fingerprint density at radius 2 is 2.23 bits per heavy atom. The lowest BCUT2D eigenvalue weighted by Crippen LogP contribution is -2.40. The van der Waals surface area contributed by atoms with Crippen molar-refractivity contribution in [3.8, 4) is 0 Å². The van der Waals surface area contributed by atoms with Crippen molar-refractivity contribution in [3.63, 3.8) is 0 Å². The number of fused-ring (bicyclic) bond motifs is 1. The van der Waals surface area contributed by atoms with Gasteiger partial charge in [-0.1, -0.05) is 13.3 Å². The van der Waals surface area contributed by atoms with Crippen LogP contribution in [0.5, 0.6) is 0 Å². The van der Waals surface area contributed by atoms with Gasteiger partial charge in [0.15, 0.2) is 0 Å². The van der Waals surface area contributed by atoms with Gasteiger partial charge < -0.3 is 21.5 Å². The first-order valence-electron chi connectivity index (χ1n) is 10.0. The monoisotopic (exact) mass is 433 g/mol. The lowest BCUT2D eigenvalue weighted by molar-refractivity contribution is -0.139. The number of aryl methyl sites for hydroxylation is 2. The van der Waals surface area contributed by atoms with Gasteiger partial charge in [0, 0.05) is 11.4 Å². The number of hydrogen-bond acceptors (Lipinski definition) is 7. The van der Waals surface area contributed by atoms with Gasteiger partial charge in [-0.3, -0.25) is 14.6 Å². The average molecular weight is 434 g/mol. The summed E-state index contributed by atoms with van der Waals surface area (Å²) in [7, 11) is 0. The number of aromatic amines is 1. The van der Waals surface area contributed by atoms with Crippen LogP contribution >= 0.6 is 11.3 Å². The Balaban J connectivity index is 1.62. The van der Waals surface area contributed by atoms with E-state index in [2.05, 4.69) is 20.6 Å². The Bertz CT molecular complexity index is 1000. The summed E-state index contributed by atoms with van der Waals surface area (Å²) in [6.07, 6.45) is 3.33. The van der Waals surface area contributed by atoms with Crippen LogP contribution in [0.4, 0.5) is 11.8 Å². The summed E-state index contributed by atoms with van der Waals surface area (Å²) in [6, 6.07) is 0.939. The van der Waals surface area contributed by atoms with Crippen molar-refractivity contribution in [3.05, 3.63) is 37.3 Å². The minimum absolute atomic E-state index is 0.105. The second-order valence-corrected chi connectivity index (χ2v) is 8.77. The number of nitrogens with one attached hydrogen (secondary N) is 3. The molecule has 0 aromatic carbocycles. The second kappa shape index (κ2) is 9.29. The average Bonchev–Trinajstić information content (AvgIpc) is 3.06. The molecule has 0 unspecified atom stereocenters. The fourth-order valence-corrected chi connectivity index (χ4v) is 4.74. The molecule has 0 fully saturated rings. The Morgan fingerprint density at radius 3 is 2.93 bits per heavy atom. The first kappa shape index (κ1) is 21.8. The van der Waals surface area contributed by atoms with E-state index in [1.807, 2.05) is 19.9 Å². The number of carbonyl (C=O) groups excluding carboxylic acids is 1. The molecule has 0 spiro atoms. The topological polar surface area (TPSA) is 150 Å². The molecule has 2 aromatic rings. The van der Waals surface area contributed by atoms with Crippen LogP contribution in [-0.2, 0) is 17.6 Å². The first-order valence-corrected chi connectivity index (χ1v) is 10.9. The molecule has 6 N–H and O–H groups in total. The van der Waals surface area contributed by atoms with Gasteiger partial charge in [0.2, 0.25) is 5.95 Å². The molecule has 1 aliphatic heterocycles. The van der Waals surface area contributed by atoms with Crippen LogP contribution in [0.25, 0.3) is 0 Å². The molecule has 0 radical (unpaired) electrons. The molecule has 9 nitrogen and oxygen atoms in total. The number of carbonyl (C=O) groups is 2. The standard InChI is InChI=1S/C20H27N5O4S/c1-3-4-13(19(28)29)23-18(27)15-7-10(2)14(30-15)6-5-11-8-12-16(22-9-11)24-20(21)25-17(12)26/h7,11,13H,3-6,8-9H2,1-2H3,(H,23,27)(H,28,29)(H4,21,22,24,25,26)/t11-,13-/m0/s1. The maximum Gasteiger partial charge on any atom is 0.326 e. The van der Waals surface area contributed by atoms with E-state index < -0.39 is 12.0 Å². The third kappa shape index (κ3) is 4.99. The molecule has 2 aromatic heterocycles. The van der Waals surface area contributed by atoms with Crippen molar-refractivity contribution in [2.75, 3.05) is 17.6 Å². The Labute approximate surface area is 178 Å². The molecule has 1 aliphatic rings. The van der Waals surface area contributed by atoms with Gasteiger partial charge in [-0.25, -0.2) is 4.79 Å². The molecule has 0 aliphatic carbocycles. The van der Waals surface area contributed by atoms with Crippen molar-refractivity contribution < 1.29 is 14.7 Å². The molecule has 2 atom stereocenters. The minimum atomic E-state index is -1.02. The predicted octanol–water partition coefficient (Wildman–Crippen LogP) is 1.92. The molecule has 0 bridgehead atoms. The van der Waals surface area contributed by atoms with E-state index in [0.717, 1.165) is 23.3 Å². The molecule has 10 heteroatoms. The minimum Gasteiger partial charge on any atom is -0.480 e. The lowest BCUT2D eigenvalue weighted by Gasteiger charge is -2.24. The number of nitrogens with two attached hydrogens (primary N) is 1. The van der Waals surface area contributed by atoms with Gasteiger partial charge in [-0.15, -0.1) is 11.3 Å².